The summed E-state index contributed by atoms with van der Waals surface area (Å²) in [6.07, 6.45) is 3.77. The van der Waals surface area contributed by atoms with E-state index in [1.165, 1.54) is 0 Å². The van der Waals surface area contributed by atoms with Crippen LogP contribution in [0, 0.1) is 0 Å². The Hall–Kier alpha value is -1.10. The third-order valence-electron chi connectivity index (χ3n) is 4.15. The van der Waals surface area contributed by atoms with Crippen molar-refractivity contribution >= 4 is 11.9 Å². The number of carboxylic acid groups (broad SMARTS) is 1. The molecule has 18 heavy (non-hydrogen) atoms. The van der Waals surface area contributed by atoms with Crippen molar-refractivity contribution in [3.63, 3.8) is 0 Å². The van der Waals surface area contributed by atoms with Crippen LogP contribution in [-0.2, 0) is 9.59 Å². The number of rotatable bonds is 4. The molecule has 5 heteroatoms. The lowest BCUT2D eigenvalue weighted by molar-refractivity contribution is -0.139. The maximum absolute atomic E-state index is 12.4. The van der Waals surface area contributed by atoms with Gasteiger partial charge in [-0.15, -0.1) is 0 Å². The summed E-state index contributed by atoms with van der Waals surface area (Å²) in [5.41, 5.74) is 0. The van der Waals surface area contributed by atoms with Gasteiger partial charge in [-0.25, -0.2) is 0 Å². The van der Waals surface area contributed by atoms with Gasteiger partial charge in [0.1, 0.15) is 0 Å². The Balaban J connectivity index is 2.11. The summed E-state index contributed by atoms with van der Waals surface area (Å²) < 4.78 is 0. The minimum absolute atomic E-state index is 0.0713. The molecule has 1 amide bonds. The molecule has 1 aliphatic heterocycles. The Labute approximate surface area is 108 Å². The van der Waals surface area contributed by atoms with Crippen LogP contribution in [-0.4, -0.2) is 58.5 Å². The first-order valence-electron chi connectivity index (χ1n) is 6.75. The molecule has 0 aromatic heterocycles. The highest BCUT2D eigenvalue weighted by Crippen LogP contribution is 2.32. The van der Waals surface area contributed by atoms with E-state index in [2.05, 4.69) is 11.8 Å². The van der Waals surface area contributed by atoms with Gasteiger partial charge in [-0.2, -0.15) is 0 Å². The zero-order valence-corrected chi connectivity index (χ0v) is 11.1. The smallest absolute Gasteiger partial charge is 0.303 e. The lowest BCUT2D eigenvalue weighted by Crippen LogP contribution is -2.47. The quantitative estimate of drug-likeness (QED) is 0.811. The van der Waals surface area contributed by atoms with Gasteiger partial charge in [0.15, 0.2) is 0 Å². The van der Waals surface area contributed by atoms with Crippen molar-refractivity contribution < 1.29 is 14.7 Å². The Bertz CT molecular complexity index is 341. The van der Waals surface area contributed by atoms with Gasteiger partial charge >= 0.3 is 5.97 Å². The summed E-state index contributed by atoms with van der Waals surface area (Å²) >= 11 is 0. The number of hydrogen-bond acceptors (Lipinski definition) is 3. The molecule has 0 spiro atoms. The fourth-order valence-electron chi connectivity index (χ4n) is 2.67. The zero-order valence-electron chi connectivity index (χ0n) is 11.1. The van der Waals surface area contributed by atoms with Gasteiger partial charge in [-0.05, 0) is 32.6 Å². The van der Waals surface area contributed by atoms with Gasteiger partial charge in [0.05, 0.1) is 6.04 Å². The number of aliphatic carboxylic acids is 1. The van der Waals surface area contributed by atoms with Gasteiger partial charge in [0.2, 0.25) is 5.91 Å². The van der Waals surface area contributed by atoms with Crippen LogP contribution in [0.1, 0.15) is 39.0 Å². The molecule has 5 nitrogen and oxygen atoms in total. The molecule has 2 fully saturated rings. The van der Waals surface area contributed by atoms with E-state index in [1.807, 2.05) is 7.05 Å². The molecule has 0 aromatic rings. The topological polar surface area (TPSA) is 60.9 Å². The fraction of sp³-hybridized carbons (Fsp3) is 0.846. The molecule has 2 unspecified atom stereocenters. The molecular weight excluding hydrogens is 232 g/mol. The van der Waals surface area contributed by atoms with E-state index >= 15 is 0 Å². The molecule has 1 heterocycles. The number of nitrogens with zero attached hydrogens (tertiary/aromatic N) is 2. The fourth-order valence-corrected chi connectivity index (χ4v) is 2.67. The summed E-state index contributed by atoms with van der Waals surface area (Å²) in [7, 11) is 1.83. The molecule has 1 saturated carbocycles. The Morgan fingerprint density at radius 2 is 2.06 bits per heavy atom. The second-order valence-electron chi connectivity index (χ2n) is 5.50. The SMILES string of the molecule is CC1CCN(C2CC2)C(CCC(=O)O)C(=O)N1C. The number of carbonyl (C=O) groups excluding carboxylic acids is 1. The van der Waals surface area contributed by atoms with E-state index in [4.69, 9.17) is 5.11 Å². The molecular formula is C13H22N2O3. The molecule has 2 rings (SSSR count). The van der Waals surface area contributed by atoms with Crippen LogP contribution in [0.4, 0.5) is 0 Å². The molecule has 1 N–H and O–H groups in total. The van der Waals surface area contributed by atoms with Crippen LogP contribution in [0.25, 0.3) is 0 Å². The second-order valence-corrected chi connectivity index (χ2v) is 5.50. The predicted molar refractivity (Wildman–Crippen MR) is 67.2 cm³/mol. The van der Waals surface area contributed by atoms with Gasteiger partial charge in [0, 0.05) is 32.1 Å². The van der Waals surface area contributed by atoms with E-state index in [9.17, 15) is 9.59 Å². The summed E-state index contributed by atoms with van der Waals surface area (Å²) in [5.74, 6) is -0.730. The number of hydrogen-bond donors (Lipinski definition) is 1. The Kier molecular flexibility index (Phi) is 3.90. The summed E-state index contributed by atoms with van der Waals surface area (Å²) in [4.78, 5) is 27.2. The number of carboxylic acids is 1. The van der Waals surface area contributed by atoms with Crippen molar-refractivity contribution in [2.45, 2.75) is 57.2 Å². The van der Waals surface area contributed by atoms with E-state index in [1.54, 1.807) is 4.90 Å². The van der Waals surface area contributed by atoms with Crippen molar-refractivity contribution in [2.75, 3.05) is 13.6 Å². The Morgan fingerprint density at radius 1 is 1.39 bits per heavy atom. The number of likely N-dealkylation sites (N-methyl/N-ethyl adjacent to an activating group) is 1. The first-order valence-corrected chi connectivity index (χ1v) is 6.75. The molecule has 1 aliphatic carbocycles. The largest absolute Gasteiger partial charge is 0.481 e. The highest BCUT2D eigenvalue weighted by molar-refractivity contribution is 5.83. The molecule has 2 aliphatic rings. The van der Waals surface area contributed by atoms with E-state index in [0.717, 1.165) is 25.8 Å². The highest BCUT2D eigenvalue weighted by Gasteiger charge is 2.40. The maximum atomic E-state index is 12.4. The average Bonchev–Trinajstić information content (AvgIpc) is 3.14. The highest BCUT2D eigenvalue weighted by atomic mass is 16.4. The maximum Gasteiger partial charge on any atom is 0.303 e. The van der Waals surface area contributed by atoms with E-state index < -0.39 is 5.97 Å². The van der Waals surface area contributed by atoms with Crippen LogP contribution in [0.15, 0.2) is 0 Å². The molecule has 102 valence electrons. The first-order chi connectivity index (χ1) is 8.50. The number of carbonyl (C=O) groups is 2. The van der Waals surface area contributed by atoms with Crippen LogP contribution >= 0.6 is 0 Å². The predicted octanol–water partition coefficient (Wildman–Crippen LogP) is 0.935. The average molecular weight is 254 g/mol. The minimum atomic E-state index is -0.821. The molecule has 0 bridgehead atoms. The second kappa shape index (κ2) is 5.26. The van der Waals surface area contributed by atoms with E-state index in [0.29, 0.717) is 12.5 Å². The third kappa shape index (κ3) is 2.83. The molecule has 0 radical (unpaired) electrons. The van der Waals surface area contributed by atoms with Crippen molar-refractivity contribution in [3.05, 3.63) is 0 Å². The normalized spacial score (nSPS) is 30.3. The van der Waals surface area contributed by atoms with Crippen LogP contribution < -0.4 is 0 Å². The first kappa shape index (κ1) is 13.3. The van der Waals surface area contributed by atoms with Crippen molar-refractivity contribution in [1.29, 1.82) is 0 Å². The molecule has 2 atom stereocenters. The van der Waals surface area contributed by atoms with Crippen LogP contribution in [0.5, 0.6) is 0 Å². The summed E-state index contributed by atoms with van der Waals surface area (Å²) in [5, 5.41) is 8.82. The third-order valence-corrected chi connectivity index (χ3v) is 4.15. The monoisotopic (exact) mass is 254 g/mol. The zero-order chi connectivity index (χ0) is 13.3. The minimum Gasteiger partial charge on any atom is -0.481 e. The van der Waals surface area contributed by atoms with Gasteiger partial charge < -0.3 is 10.0 Å². The molecule has 0 aromatic carbocycles. The summed E-state index contributed by atoms with van der Waals surface area (Å²) in [6.45, 7) is 2.97. The number of amides is 1. The van der Waals surface area contributed by atoms with Crippen LogP contribution in [0.2, 0.25) is 0 Å². The summed E-state index contributed by atoms with van der Waals surface area (Å²) in [6, 6.07) is 0.517. The van der Waals surface area contributed by atoms with E-state index in [-0.39, 0.29) is 24.4 Å². The van der Waals surface area contributed by atoms with Gasteiger partial charge in [-0.1, -0.05) is 0 Å². The lowest BCUT2D eigenvalue weighted by atomic mass is 10.1. The molecule has 1 saturated heterocycles. The van der Waals surface area contributed by atoms with Crippen LogP contribution in [0.3, 0.4) is 0 Å². The van der Waals surface area contributed by atoms with Crippen molar-refractivity contribution in [3.8, 4) is 0 Å². The standard InChI is InChI=1S/C13H22N2O3/c1-9-7-8-15(10-3-4-10)11(5-6-12(16)17)13(18)14(9)2/h9-11H,3-8H2,1-2H3,(H,16,17). The van der Waals surface area contributed by atoms with Gasteiger partial charge in [0.25, 0.3) is 0 Å². The van der Waals surface area contributed by atoms with Crippen molar-refractivity contribution in [2.24, 2.45) is 0 Å². The van der Waals surface area contributed by atoms with Crippen molar-refractivity contribution in [1.82, 2.24) is 9.80 Å². The van der Waals surface area contributed by atoms with Gasteiger partial charge in [-0.3, -0.25) is 14.5 Å². The Morgan fingerprint density at radius 3 is 2.61 bits per heavy atom. The lowest BCUT2D eigenvalue weighted by Gasteiger charge is -2.29.